The molecular weight excluding hydrogens is 793 g/mol. The van der Waals surface area contributed by atoms with Crippen LogP contribution in [0.1, 0.15) is 0 Å². The summed E-state index contributed by atoms with van der Waals surface area (Å²) in [6.45, 7) is 0. The predicted molar refractivity (Wildman–Crippen MR) is 271 cm³/mol. The summed E-state index contributed by atoms with van der Waals surface area (Å²) in [4.78, 5) is 0. The van der Waals surface area contributed by atoms with E-state index in [1.807, 2.05) is 0 Å². The first-order valence-electron chi connectivity index (χ1n) is 22.0. The van der Waals surface area contributed by atoms with E-state index in [0.29, 0.717) is 0 Å². The lowest BCUT2D eigenvalue weighted by atomic mass is 10.0. The smallest absolute Gasteiger partial charge is 0.179 e. The third-order valence-electron chi connectivity index (χ3n) is 13.5. The molecule has 0 N–H and O–H groups in total. The minimum absolute atomic E-state index is 0.872. The van der Waals surface area contributed by atoms with E-state index in [9.17, 15) is 0 Å². The second-order valence-corrected chi connectivity index (χ2v) is 20.6. The number of hydrogen-bond donors (Lipinski definition) is 0. The predicted octanol–water partition coefficient (Wildman–Crippen LogP) is 12.8. The highest BCUT2D eigenvalue weighted by atomic mass is 28.3. The molecule has 300 valence electrons. The van der Waals surface area contributed by atoms with Crippen LogP contribution in [0.5, 0.6) is 0 Å². The van der Waals surface area contributed by atoms with Gasteiger partial charge in [-0.25, -0.2) is 0 Å². The topological polar surface area (TPSA) is 23.0 Å². The maximum absolute atomic E-state index is 7.24. The van der Waals surface area contributed by atoms with Crippen LogP contribution in [0.3, 0.4) is 0 Å². The third kappa shape index (κ3) is 5.33. The molecule has 0 saturated heterocycles. The van der Waals surface area contributed by atoms with Crippen LogP contribution in [-0.2, 0) is 0 Å². The highest BCUT2D eigenvalue weighted by molar-refractivity contribution is 7.19. The molecule has 4 heteroatoms. The fourth-order valence-electron chi connectivity index (χ4n) is 10.8. The average Bonchev–Trinajstić information content (AvgIpc) is 4.03. The van der Waals surface area contributed by atoms with Crippen molar-refractivity contribution in [1.29, 1.82) is 0 Å². The molecule has 3 aromatic heterocycles. The van der Waals surface area contributed by atoms with Gasteiger partial charge >= 0.3 is 0 Å². The molecule has 3 nitrogen and oxygen atoms in total. The zero-order valence-corrected chi connectivity index (χ0v) is 35.9. The summed E-state index contributed by atoms with van der Waals surface area (Å²) in [5.41, 5.74) is 10.8. The van der Waals surface area contributed by atoms with Gasteiger partial charge < -0.3 is 13.6 Å². The van der Waals surface area contributed by atoms with Crippen molar-refractivity contribution in [2.45, 2.75) is 0 Å². The Morgan fingerprint density at radius 3 is 1.36 bits per heavy atom. The van der Waals surface area contributed by atoms with Crippen LogP contribution in [0.4, 0.5) is 0 Å². The van der Waals surface area contributed by atoms with Crippen LogP contribution in [0, 0.1) is 0 Å². The summed E-state index contributed by atoms with van der Waals surface area (Å²) in [5.74, 6) is 0. The minimum Gasteiger partial charge on any atom is -0.453 e. The first-order chi connectivity index (χ1) is 31.8. The van der Waals surface area contributed by atoms with E-state index in [2.05, 4.69) is 252 Å². The van der Waals surface area contributed by atoms with Crippen LogP contribution >= 0.6 is 0 Å². The number of rotatable bonds is 7. The first kappa shape index (κ1) is 36.5. The largest absolute Gasteiger partial charge is 0.453 e. The first-order valence-corrected chi connectivity index (χ1v) is 24.0. The summed E-state index contributed by atoms with van der Waals surface area (Å²) in [7, 11) is -2.75. The van der Waals surface area contributed by atoms with E-state index < -0.39 is 8.07 Å². The molecule has 0 saturated carbocycles. The van der Waals surface area contributed by atoms with E-state index in [0.717, 1.165) is 55.5 Å². The maximum atomic E-state index is 7.24. The molecular formula is C60H40N2OSi. The molecule has 13 aromatic rings. The molecule has 13 rings (SSSR count). The normalized spacial score (nSPS) is 12.1. The molecule has 0 fully saturated rings. The zero-order chi connectivity index (χ0) is 42.2. The van der Waals surface area contributed by atoms with E-state index in [1.54, 1.807) is 0 Å². The average molecular weight is 833 g/mol. The third-order valence-corrected chi connectivity index (χ3v) is 18.2. The second kappa shape index (κ2) is 14.5. The Morgan fingerprint density at radius 1 is 0.297 bits per heavy atom. The van der Waals surface area contributed by atoms with Gasteiger partial charge in [-0.2, -0.15) is 0 Å². The van der Waals surface area contributed by atoms with Crippen LogP contribution < -0.4 is 20.7 Å². The van der Waals surface area contributed by atoms with Crippen molar-refractivity contribution in [1.82, 2.24) is 9.13 Å². The zero-order valence-electron chi connectivity index (χ0n) is 34.9. The molecule has 64 heavy (non-hydrogen) atoms. The van der Waals surface area contributed by atoms with Crippen LogP contribution in [0.25, 0.3) is 88.1 Å². The van der Waals surface area contributed by atoms with Gasteiger partial charge in [-0.3, -0.25) is 0 Å². The summed E-state index contributed by atoms with van der Waals surface area (Å²) < 4.78 is 12.0. The Hall–Kier alpha value is -8.18. The molecule has 0 atom stereocenters. The summed E-state index contributed by atoms with van der Waals surface area (Å²) >= 11 is 0. The summed E-state index contributed by atoms with van der Waals surface area (Å²) in [6.07, 6.45) is 0. The van der Waals surface area contributed by atoms with Crippen molar-refractivity contribution in [2.24, 2.45) is 0 Å². The highest BCUT2D eigenvalue weighted by Crippen LogP contribution is 2.42. The van der Waals surface area contributed by atoms with E-state index in [4.69, 9.17) is 4.42 Å². The molecule has 10 aromatic carbocycles. The summed E-state index contributed by atoms with van der Waals surface area (Å²) in [6, 6.07) is 88.9. The van der Waals surface area contributed by atoms with Gasteiger partial charge in [0.05, 0.1) is 27.8 Å². The Morgan fingerprint density at radius 2 is 0.750 bits per heavy atom. The fraction of sp³-hybridized carbons (Fsp3) is 0. The Kier molecular flexibility index (Phi) is 8.23. The monoisotopic (exact) mass is 832 g/mol. The van der Waals surface area contributed by atoms with Gasteiger partial charge in [0.25, 0.3) is 0 Å². The molecule has 0 amide bonds. The number of furan rings is 1. The van der Waals surface area contributed by atoms with Crippen molar-refractivity contribution in [3.8, 4) is 22.5 Å². The minimum atomic E-state index is -2.75. The van der Waals surface area contributed by atoms with Crippen molar-refractivity contribution in [3.63, 3.8) is 0 Å². The quantitative estimate of drug-likeness (QED) is 0.116. The highest BCUT2D eigenvalue weighted by Gasteiger charge is 2.41. The second-order valence-electron chi connectivity index (χ2n) is 16.8. The molecule has 0 unspecified atom stereocenters. The van der Waals surface area contributed by atoms with Gasteiger partial charge in [0.1, 0.15) is 5.58 Å². The molecule has 0 aliphatic carbocycles. The molecule has 0 spiro atoms. The number of para-hydroxylation sites is 5. The standard InChI is InChI=1S/C60H40N2OSi/c1-4-20-43(21-5-1)64(44-22-6-2-7-23-44,45-24-8-3-9-25-45)46-26-16-19-41(39-46)47-30-17-31-51-52-32-18-36-58(60(52)63-59(47)51)62-56-35-15-12-29-50(56)53-40-42(37-38-57(53)62)61-54-33-13-10-27-48(54)49-28-11-14-34-55(49)61/h1-40H. The Balaban J connectivity index is 1.01. The van der Waals surface area contributed by atoms with Crippen LogP contribution in [-0.4, -0.2) is 17.2 Å². The number of aromatic nitrogens is 2. The SMILES string of the molecule is c1ccc([Si](c2ccccc2)(c2ccccc2)c2cccc(-c3cccc4c3oc3c(-n5c6ccccc6c6cc(-n7c8ccccc8c8ccccc87)ccc65)cccc34)c2)cc1. The molecule has 0 radical (unpaired) electrons. The van der Waals surface area contributed by atoms with Crippen molar-refractivity contribution < 1.29 is 4.42 Å². The van der Waals surface area contributed by atoms with Crippen molar-refractivity contribution in [3.05, 3.63) is 243 Å². The lowest BCUT2D eigenvalue weighted by molar-refractivity contribution is 0.667. The lowest BCUT2D eigenvalue weighted by Gasteiger charge is -2.34. The Labute approximate surface area is 371 Å². The van der Waals surface area contributed by atoms with Gasteiger partial charge in [0, 0.05) is 43.6 Å². The Bertz CT molecular complexity index is 3750. The van der Waals surface area contributed by atoms with Gasteiger partial charge in [-0.05, 0) is 68.8 Å². The maximum Gasteiger partial charge on any atom is 0.179 e. The van der Waals surface area contributed by atoms with Gasteiger partial charge in [0.2, 0.25) is 0 Å². The number of fused-ring (bicyclic) bond motifs is 9. The summed E-state index contributed by atoms with van der Waals surface area (Å²) in [5, 5.41) is 12.5. The van der Waals surface area contributed by atoms with E-state index in [-0.39, 0.29) is 0 Å². The molecule has 0 aliphatic heterocycles. The molecule has 0 bridgehead atoms. The molecule has 3 heterocycles. The number of hydrogen-bond acceptors (Lipinski definition) is 1. The van der Waals surface area contributed by atoms with E-state index >= 15 is 0 Å². The number of benzene rings is 10. The number of nitrogens with zero attached hydrogens (tertiary/aromatic N) is 2. The van der Waals surface area contributed by atoms with Crippen molar-refractivity contribution in [2.75, 3.05) is 0 Å². The van der Waals surface area contributed by atoms with Crippen LogP contribution in [0.2, 0.25) is 0 Å². The van der Waals surface area contributed by atoms with Gasteiger partial charge in [0.15, 0.2) is 13.7 Å². The van der Waals surface area contributed by atoms with Gasteiger partial charge in [-0.15, -0.1) is 0 Å². The molecule has 0 aliphatic rings. The lowest BCUT2D eigenvalue weighted by Crippen LogP contribution is -2.74. The fourth-order valence-corrected chi connectivity index (χ4v) is 15.5. The van der Waals surface area contributed by atoms with Gasteiger partial charge in [-0.1, -0.05) is 200 Å². The van der Waals surface area contributed by atoms with Crippen LogP contribution in [0.15, 0.2) is 247 Å². The van der Waals surface area contributed by atoms with Crippen molar-refractivity contribution >= 4 is 94.4 Å². The van der Waals surface area contributed by atoms with E-state index in [1.165, 1.54) is 53.3 Å².